The molecule has 2 unspecified atom stereocenters. The predicted octanol–water partition coefficient (Wildman–Crippen LogP) is 1.57. The van der Waals surface area contributed by atoms with Crippen LogP contribution in [0.25, 0.3) is 0 Å². The molecule has 3 heteroatoms. The van der Waals surface area contributed by atoms with Crippen molar-refractivity contribution in [2.45, 2.75) is 19.4 Å². The molecule has 1 saturated heterocycles. The maximum absolute atomic E-state index is 5.86. The Hall–Kier alpha value is -0.960. The van der Waals surface area contributed by atoms with Crippen LogP contribution in [0.4, 0.5) is 0 Å². The summed E-state index contributed by atoms with van der Waals surface area (Å²) in [5, 5.41) is 0. The van der Waals surface area contributed by atoms with Crippen molar-refractivity contribution in [3.63, 3.8) is 0 Å². The Morgan fingerprint density at radius 1 is 1.57 bits per heavy atom. The minimum absolute atomic E-state index is 0.328. The van der Waals surface area contributed by atoms with Gasteiger partial charge in [-0.2, -0.15) is 0 Å². The lowest BCUT2D eigenvalue weighted by atomic mass is 10.2. The molecule has 1 fully saturated rings. The summed E-state index contributed by atoms with van der Waals surface area (Å²) in [7, 11) is 0. The summed E-state index contributed by atoms with van der Waals surface area (Å²) in [6, 6.07) is 0.331. The van der Waals surface area contributed by atoms with E-state index in [1.807, 2.05) is 6.20 Å². The van der Waals surface area contributed by atoms with Gasteiger partial charge in [0, 0.05) is 25.1 Å². The largest absolute Gasteiger partial charge is 0.295 e. The third-order valence-electron chi connectivity index (χ3n) is 2.82. The summed E-state index contributed by atoms with van der Waals surface area (Å²) in [5.41, 5.74) is 1.03. The van der Waals surface area contributed by atoms with Gasteiger partial charge in [-0.1, -0.05) is 0 Å². The Bertz CT molecular complexity index is 286. The van der Waals surface area contributed by atoms with E-state index in [0.29, 0.717) is 12.0 Å². The van der Waals surface area contributed by atoms with Gasteiger partial charge in [-0.25, -0.2) is 0 Å². The van der Waals surface area contributed by atoms with Crippen molar-refractivity contribution in [2.24, 2.45) is 5.92 Å². The van der Waals surface area contributed by atoms with E-state index in [2.05, 4.69) is 21.8 Å². The maximum atomic E-state index is 5.86. The van der Waals surface area contributed by atoms with Gasteiger partial charge in [0.2, 0.25) is 0 Å². The molecule has 2 atom stereocenters. The van der Waals surface area contributed by atoms with E-state index >= 15 is 0 Å². The van der Waals surface area contributed by atoms with E-state index in [-0.39, 0.29) is 0 Å². The Labute approximate surface area is 85.2 Å². The second-order valence-electron chi connectivity index (χ2n) is 3.85. The number of nitrogens with zero attached hydrogens (tertiary/aromatic N) is 3. The molecule has 3 nitrogen and oxygen atoms in total. The molecule has 0 N–H and O–H groups in total. The first-order valence-corrected chi connectivity index (χ1v) is 5.03. The molecule has 0 bridgehead atoms. The van der Waals surface area contributed by atoms with E-state index in [0.717, 1.165) is 25.2 Å². The van der Waals surface area contributed by atoms with Gasteiger partial charge in [-0.15, -0.1) is 0 Å². The highest BCUT2D eigenvalue weighted by molar-refractivity contribution is 5.02. The van der Waals surface area contributed by atoms with Crippen LogP contribution in [0.15, 0.2) is 18.6 Å². The minimum Gasteiger partial charge on any atom is -0.295 e. The number of aromatic nitrogens is 2. The monoisotopic (exact) mass is 189 g/mol. The fraction of sp³-hybridized carbons (Fsp3) is 0.545. The standard InChI is InChI=1S/C11H15N3/c1-9-3-6-14(8-9)10(2)11-7-12-4-5-13-11/h1,4-5,7,9-10H,3,6,8H2,2H3. The maximum Gasteiger partial charge on any atom is 0.0755 e. The zero-order valence-electron chi connectivity index (χ0n) is 8.43. The van der Waals surface area contributed by atoms with Gasteiger partial charge in [0.25, 0.3) is 0 Å². The van der Waals surface area contributed by atoms with Gasteiger partial charge in [-0.05, 0) is 32.7 Å². The Balaban J connectivity index is 2.05. The summed E-state index contributed by atoms with van der Waals surface area (Å²) in [6.07, 6.45) is 6.35. The summed E-state index contributed by atoms with van der Waals surface area (Å²) < 4.78 is 0. The minimum atomic E-state index is 0.328. The van der Waals surface area contributed by atoms with E-state index < -0.39 is 0 Å². The molecular formula is C11H15N3. The number of hydrogen-bond donors (Lipinski definition) is 0. The van der Waals surface area contributed by atoms with Crippen molar-refractivity contribution in [1.82, 2.24) is 14.9 Å². The van der Waals surface area contributed by atoms with Crippen LogP contribution in [0.1, 0.15) is 25.1 Å². The average Bonchev–Trinajstić information content (AvgIpc) is 2.65. The molecular weight excluding hydrogens is 174 g/mol. The quantitative estimate of drug-likeness (QED) is 0.707. The smallest absolute Gasteiger partial charge is 0.0755 e. The highest BCUT2D eigenvalue weighted by Gasteiger charge is 2.24. The summed E-state index contributed by atoms with van der Waals surface area (Å²) in [4.78, 5) is 10.7. The van der Waals surface area contributed by atoms with Crippen LogP contribution in [0.3, 0.4) is 0 Å². The Morgan fingerprint density at radius 3 is 3.00 bits per heavy atom. The average molecular weight is 189 g/mol. The highest BCUT2D eigenvalue weighted by atomic mass is 15.2. The number of hydrogen-bond acceptors (Lipinski definition) is 3. The predicted molar refractivity (Wildman–Crippen MR) is 54.4 cm³/mol. The molecule has 74 valence electrons. The molecule has 0 amide bonds. The summed E-state index contributed by atoms with van der Waals surface area (Å²) in [5.74, 6) is 0.328. The Kier molecular flexibility index (Phi) is 2.77. The normalized spacial score (nSPS) is 25.1. The highest BCUT2D eigenvalue weighted by Crippen LogP contribution is 2.24. The molecule has 1 aliphatic rings. The molecule has 0 aromatic carbocycles. The third kappa shape index (κ3) is 1.93. The van der Waals surface area contributed by atoms with Crippen molar-refractivity contribution in [1.29, 1.82) is 0 Å². The van der Waals surface area contributed by atoms with Crippen molar-refractivity contribution in [2.75, 3.05) is 13.1 Å². The first kappa shape index (κ1) is 9.59. The zero-order chi connectivity index (χ0) is 9.97. The first-order valence-electron chi connectivity index (χ1n) is 5.03. The molecule has 1 aromatic rings. The molecule has 2 radical (unpaired) electrons. The van der Waals surface area contributed by atoms with Crippen molar-refractivity contribution in [3.8, 4) is 0 Å². The molecule has 1 aromatic heterocycles. The van der Waals surface area contributed by atoms with Crippen molar-refractivity contribution < 1.29 is 0 Å². The van der Waals surface area contributed by atoms with Gasteiger partial charge >= 0.3 is 0 Å². The summed E-state index contributed by atoms with van der Waals surface area (Å²) in [6.45, 7) is 10.1. The first-order chi connectivity index (χ1) is 6.77. The second kappa shape index (κ2) is 4.05. The van der Waals surface area contributed by atoms with Crippen molar-refractivity contribution in [3.05, 3.63) is 31.2 Å². The lowest BCUT2D eigenvalue weighted by Gasteiger charge is -2.22. The van der Waals surface area contributed by atoms with E-state index in [4.69, 9.17) is 6.92 Å². The topological polar surface area (TPSA) is 29.0 Å². The molecule has 2 heterocycles. The molecule has 0 aliphatic carbocycles. The molecule has 14 heavy (non-hydrogen) atoms. The van der Waals surface area contributed by atoms with Gasteiger partial charge in [0.05, 0.1) is 11.7 Å². The van der Waals surface area contributed by atoms with Crippen LogP contribution in [-0.4, -0.2) is 28.0 Å². The van der Waals surface area contributed by atoms with Crippen LogP contribution in [0.5, 0.6) is 0 Å². The summed E-state index contributed by atoms with van der Waals surface area (Å²) >= 11 is 0. The van der Waals surface area contributed by atoms with Crippen LogP contribution < -0.4 is 0 Å². The fourth-order valence-corrected chi connectivity index (χ4v) is 1.88. The fourth-order valence-electron chi connectivity index (χ4n) is 1.88. The second-order valence-corrected chi connectivity index (χ2v) is 3.85. The van der Waals surface area contributed by atoms with E-state index in [9.17, 15) is 0 Å². The Morgan fingerprint density at radius 2 is 2.43 bits per heavy atom. The van der Waals surface area contributed by atoms with E-state index in [1.54, 1.807) is 12.4 Å². The van der Waals surface area contributed by atoms with Crippen molar-refractivity contribution >= 4 is 0 Å². The number of likely N-dealkylation sites (tertiary alicyclic amines) is 1. The van der Waals surface area contributed by atoms with Crippen LogP contribution >= 0.6 is 0 Å². The van der Waals surface area contributed by atoms with Crippen LogP contribution in [-0.2, 0) is 0 Å². The lowest BCUT2D eigenvalue weighted by molar-refractivity contribution is 0.252. The third-order valence-corrected chi connectivity index (χ3v) is 2.82. The number of rotatable bonds is 2. The molecule has 0 spiro atoms. The molecule has 2 rings (SSSR count). The molecule has 0 saturated carbocycles. The van der Waals surface area contributed by atoms with E-state index in [1.165, 1.54) is 0 Å². The van der Waals surface area contributed by atoms with Gasteiger partial charge in [-0.3, -0.25) is 14.9 Å². The van der Waals surface area contributed by atoms with Gasteiger partial charge < -0.3 is 0 Å². The SMILES string of the molecule is [CH]C1CCN(C(C)c2cnccn2)C1. The van der Waals surface area contributed by atoms with Crippen LogP contribution in [0.2, 0.25) is 0 Å². The van der Waals surface area contributed by atoms with Crippen LogP contribution in [0, 0.1) is 12.8 Å². The van der Waals surface area contributed by atoms with Gasteiger partial charge in [0.15, 0.2) is 0 Å². The zero-order valence-corrected chi connectivity index (χ0v) is 8.43. The van der Waals surface area contributed by atoms with Gasteiger partial charge in [0.1, 0.15) is 0 Å². The lowest BCUT2D eigenvalue weighted by Crippen LogP contribution is -2.24. The molecule has 1 aliphatic heterocycles.